The van der Waals surface area contributed by atoms with E-state index in [2.05, 4.69) is 27.3 Å². The van der Waals surface area contributed by atoms with Crippen LogP contribution >= 0.6 is 15.9 Å². The lowest BCUT2D eigenvalue weighted by Gasteiger charge is -2.27. The summed E-state index contributed by atoms with van der Waals surface area (Å²) < 4.78 is 1.01. The monoisotopic (exact) mass is 313 g/mol. The molecule has 1 aromatic carbocycles. The number of rotatable bonds is 5. The van der Waals surface area contributed by atoms with Crippen LogP contribution in [0, 0.1) is 12.3 Å². The molecule has 0 radical (unpaired) electrons. The molecule has 1 unspecified atom stereocenters. The highest BCUT2D eigenvalue weighted by Gasteiger charge is 2.31. The minimum absolute atomic E-state index is 0.0357. The Morgan fingerprint density at radius 3 is 2.61 bits per heavy atom. The highest BCUT2D eigenvalue weighted by Crippen LogP contribution is 2.32. The highest BCUT2D eigenvalue weighted by atomic mass is 79.9. The van der Waals surface area contributed by atoms with Gasteiger partial charge >= 0.3 is 5.97 Å². The first-order valence-corrected chi connectivity index (χ1v) is 6.74. The van der Waals surface area contributed by atoms with Crippen LogP contribution in [0.1, 0.15) is 37.4 Å². The van der Waals surface area contributed by atoms with Gasteiger partial charge in [0.05, 0.1) is 5.41 Å². The van der Waals surface area contributed by atoms with Crippen LogP contribution in [0.3, 0.4) is 0 Å². The lowest BCUT2D eigenvalue weighted by molar-refractivity contribution is -0.147. The van der Waals surface area contributed by atoms with E-state index in [-0.39, 0.29) is 6.04 Å². The molecule has 0 saturated heterocycles. The second-order valence-electron chi connectivity index (χ2n) is 5.24. The van der Waals surface area contributed by atoms with Crippen molar-refractivity contribution in [3.05, 3.63) is 33.8 Å². The maximum atomic E-state index is 11.2. The zero-order chi connectivity index (χ0) is 13.9. The molecule has 0 aromatic heterocycles. The Hall–Kier alpha value is -0.870. The van der Waals surface area contributed by atoms with Crippen molar-refractivity contribution in [2.45, 2.75) is 33.2 Å². The Kier molecular flexibility index (Phi) is 4.93. The summed E-state index contributed by atoms with van der Waals surface area (Å²) in [5.41, 5.74) is 1.56. The first-order chi connectivity index (χ1) is 8.27. The van der Waals surface area contributed by atoms with Crippen LogP contribution in [0.15, 0.2) is 22.7 Å². The molecule has 1 aromatic rings. The molecule has 0 amide bonds. The fourth-order valence-corrected chi connectivity index (χ4v) is 2.33. The number of aryl methyl sites for hydroxylation is 1. The molecule has 0 fully saturated rings. The molecule has 1 rings (SSSR count). The van der Waals surface area contributed by atoms with Gasteiger partial charge in [-0.3, -0.25) is 4.79 Å². The number of carboxylic acid groups (broad SMARTS) is 1. The number of carbonyl (C=O) groups is 1. The van der Waals surface area contributed by atoms with Crippen molar-refractivity contribution < 1.29 is 9.90 Å². The fourth-order valence-electron chi connectivity index (χ4n) is 1.95. The van der Waals surface area contributed by atoms with Crippen molar-refractivity contribution in [1.29, 1.82) is 0 Å². The number of nitrogens with one attached hydrogen (secondary N) is 1. The van der Waals surface area contributed by atoms with E-state index in [4.69, 9.17) is 0 Å². The first-order valence-electron chi connectivity index (χ1n) is 5.94. The molecule has 0 aliphatic rings. The standard InChI is InChI=1S/C14H20BrNO2/c1-9-5-6-10(15)7-11(9)12(16-4)8-14(2,3)13(17)18/h5-7,12,16H,8H2,1-4H3,(H,17,18). The van der Waals surface area contributed by atoms with Gasteiger partial charge in [-0.25, -0.2) is 0 Å². The number of benzene rings is 1. The van der Waals surface area contributed by atoms with E-state index in [0.717, 1.165) is 10.0 Å². The van der Waals surface area contributed by atoms with Gasteiger partial charge in [0.2, 0.25) is 0 Å². The maximum Gasteiger partial charge on any atom is 0.309 e. The third-order valence-electron chi connectivity index (χ3n) is 3.26. The minimum Gasteiger partial charge on any atom is -0.481 e. The van der Waals surface area contributed by atoms with E-state index >= 15 is 0 Å². The van der Waals surface area contributed by atoms with Crippen molar-refractivity contribution >= 4 is 21.9 Å². The topological polar surface area (TPSA) is 49.3 Å². The van der Waals surface area contributed by atoms with Crippen molar-refractivity contribution in [3.8, 4) is 0 Å². The van der Waals surface area contributed by atoms with Crippen LogP contribution in [-0.2, 0) is 4.79 Å². The molecule has 2 N–H and O–H groups in total. The summed E-state index contributed by atoms with van der Waals surface area (Å²) in [6.07, 6.45) is 0.552. The van der Waals surface area contributed by atoms with Gasteiger partial charge in [0.25, 0.3) is 0 Å². The van der Waals surface area contributed by atoms with Crippen LogP contribution in [0.5, 0.6) is 0 Å². The Balaban J connectivity index is 3.03. The first kappa shape index (κ1) is 15.2. The molecular formula is C14H20BrNO2. The minimum atomic E-state index is -0.768. The molecule has 0 saturated carbocycles. The molecule has 1 atom stereocenters. The average molecular weight is 314 g/mol. The Morgan fingerprint density at radius 1 is 1.50 bits per heavy atom. The number of carboxylic acids is 1. The molecule has 0 spiro atoms. The molecule has 18 heavy (non-hydrogen) atoms. The van der Waals surface area contributed by atoms with Crippen molar-refractivity contribution in [2.75, 3.05) is 7.05 Å². The smallest absolute Gasteiger partial charge is 0.309 e. The third-order valence-corrected chi connectivity index (χ3v) is 3.75. The summed E-state index contributed by atoms with van der Waals surface area (Å²) in [7, 11) is 1.86. The molecule has 100 valence electrons. The number of hydrogen-bond acceptors (Lipinski definition) is 2. The largest absolute Gasteiger partial charge is 0.481 e. The van der Waals surface area contributed by atoms with E-state index in [1.54, 1.807) is 13.8 Å². The van der Waals surface area contributed by atoms with Gasteiger partial charge in [-0.2, -0.15) is 0 Å². The van der Waals surface area contributed by atoms with Gasteiger partial charge in [-0.1, -0.05) is 22.0 Å². The Bertz CT molecular complexity index is 443. The van der Waals surface area contributed by atoms with E-state index in [0.29, 0.717) is 6.42 Å². The van der Waals surface area contributed by atoms with E-state index in [1.807, 2.05) is 26.1 Å². The zero-order valence-electron chi connectivity index (χ0n) is 11.2. The highest BCUT2D eigenvalue weighted by molar-refractivity contribution is 9.10. The second kappa shape index (κ2) is 5.85. The number of halogens is 1. The van der Waals surface area contributed by atoms with Crippen LogP contribution in [0.2, 0.25) is 0 Å². The predicted octanol–water partition coefficient (Wildman–Crippen LogP) is 3.52. The van der Waals surface area contributed by atoms with Crippen LogP contribution in [0.25, 0.3) is 0 Å². The van der Waals surface area contributed by atoms with Gasteiger partial charge < -0.3 is 10.4 Å². The zero-order valence-corrected chi connectivity index (χ0v) is 12.8. The van der Waals surface area contributed by atoms with E-state index in [1.165, 1.54) is 5.56 Å². The van der Waals surface area contributed by atoms with Crippen LogP contribution in [0.4, 0.5) is 0 Å². The molecule has 0 aliphatic carbocycles. The van der Waals surface area contributed by atoms with Gasteiger partial charge in [-0.05, 0) is 57.5 Å². The predicted molar refractivity (Wildman–Crippen MR) is 76.7 cm³/mol. The molecule has 4 heteroatoms. The Labute approximate surface area is 117 Å². The molecule has 3 nitrogen and oxygen atoms in total. The lowest BCUT2D eigenvalue weighted by Crippen LogP contribution is -2.30. The summed E-state index contributed by atoms with van der Waals surface area (Å²) in [6, 6.07) is 6.12. The summed E-state index contributed by atoms with van der Waals surface area (Å²) in [5.74, 6) is -0.768. The van der Waals surface area contributed by atoms with Crippen molar-refractivity contribution in [2.24, 2.45) is 5.41 Å². The SMILES string of the molecule is CNC(CC(C)(C)C(=O)O)c1cc(Br)ccc1C. The molecule has 0 bridgehead atoms. The maximum absolute atomic E-state index is 11.2. The van der Waals surface area contributed by atoms with E-state index in [9.17, 15) is 9.90 Å². The Morgan fingerprint density at radius 2 is 2.11 bits per heavy atom. The summed E-state index contributed by atoms with van der Waals surface area (Å²) in [6.45, 7) is 5.56. The third kappa shape index (κ3) is 3.56. The number of hydrogen-bond donors (Lipinski definition) is 2. The molecule has 0 heterocycles. The van der Waals surface area contributed by atoms with Crippen molar-refractivity contribution in [1.82, 2.24) is 5.32 Å². The van der Waals surface area contributed by atoms with Gasteiger partial charge in [0, 0.05) is 10.5 Å². The quantitative estimate of drug-likeness (QED) is 0.874. The molecule has 0 aliphatic heterocycles. The second-order valence-corrected chi connectivity index (χ2v) is 6.15. The van der Waals surface area contributed by atoms with Crippen LogP contribution < -0.4 is 5.32 Å². The van der Waals surface area contributed by atoms with Crippen LogP contribution in [-0.4, -0.2) is 18.1 Å². The normalized spacial score (nSPS) is 13.4. The van der Waals surface area contributed by atoms with Gasteiger partial charge in [0.15, 0.2) is 0 Å². The van der Waals surface area contributed by atoms with Gasteiger partial charge in [0.1, 0.15) is 0 Å². The van der Waals surface area contributed by atoms with Gasteiger partial charge in [-0.15, -0.1) is 0 Å². The summed E-state index contributed by atoms with van der Waals surface area (Å²) >= 11 is 3.46. The average Bonchev–Trinajstić information content (AvgIpc) is 2.29. The van der Waals surface area contributed by atoms with E-state index < -0.39 is 11.4 Å². The fraction of sp³-hybridized carbons (Fsp3) is 0.500. The lowest BCUT2D eigenvalue weighted by atomic mass is 9.83. The summed E-state index contributed by atoms with van der Waals surface area (Å²) in [4.78, 5) is 11.2. The molecular weight excluding hydrogens is 294 g/mol. The number of aliphatic carboxylic acids is 1. The van der Waals surface area contributed by atoms with Crippen molar-refractivity contribution in [3.63, 3.8) is 0 Å². The summed E-state index contributed by atoms with van der Waals surface area (Å²) in [5, 5.41) is 12.4.